The van der Waals surface area contributed by atoms with Crippen molar-refractivity contribution in [2.75, 3.05) is 0 Å². The fraction of sp³-hybridized carbons (Fsp3) is 0.471. The zero-order chi connectivity index (χ0) is 17.3. The van der Waals surface area contributed by atoms with Crippen molar-refractivity contribution in [3.63, 3.8) is 0 Å². The fourth-order valence-electron chi connectivity index (χ4n) is 2.99. The summed E-state index contributed by atoms with van der Waals surface area (Å²) in [7, 11) is -3.76. The van der Waals surface area contributed by atoms with Crippen molar-refractivity contribution >= 4 is 22.0 Å². The highest BCUT2D eigenvalue weighted by atomic mass is 32.2. The van der Waals surface area contributed by atoms with Gasteiger partial charge in [0.2, 0.25) is 15.9 Å². The van der Waals surface area contributed by atoms with Gasteiger partial charge in [0.15, 0.2) is 0 Å². The van der Waals surface area contributed by atoms with Crippen LogP contribution in [0.5, 0.6) is 0 Å². The normalized spacial score (nSPS) is 17.3. The van der Waals surface area contributed by atoms with E-state index in [1.54, 1.807) is 13.0 Å². The van der Waals surface area contributed by atoms with Crippen molar-refractivity contribution < 1.29 is 13.2 Å². The van der Waals surface area contributed by atoms with Crippen molar-refractivity contribution in [1.82, 2.24) is 4.72 Å². The number of benzene rings is 1. The molecule has 0 aliphatic heterocycles. The summed E-state index contributed by atoms with van der Waals surface area (Å²) in [6.45, 7) is 5.39. The van der Waals surface area contributed by atoms with Crippen LogP contribution in [0.2, 0.25) is 0 Å². The summed E-state index contributed by atoms with van der Waals surface area (Å²) >= 11 is 0. The van der Waals surface area contributed by atoms with Gasteiger partial charge in [0.05, 0.1) is 4.91 Å². The summed E-state index contributed by atoms with van der Waals surface area (Å²) in [5.41, 5.74) is 6.20. The number of nitrogens with one attached hydrogen (secondary N) is 1. The molecule has 0 spiro atoms. The number of sulfonamides is 1. The number of fused-ring (bicyclic) bond motifs is 1. The average Bonchev–Trinajstić information content (AvgIpc) is 2.45. The van der Waals surface area contributed by atoms with E-state index in [1.807, 2.05) is 38.1 Å². The summed E-state index contributed by atoms with van der Waals surface area (Å²) in [4.78, 5) is 12.1. The van der Waals surface area contributed by atoms with Crippen LogP contribution in [0.15, 0.2) is 29.2 Å². The molecule has 126 valence electrons. The second-order valence-corrected chi connectivity index (χ2v) is 8.44. The maximum atomic E-state index is 12.7. The zero-order valence-corrected chi connectivity index (χ0v) is 14.6. The third-order valence-electron chi connectivity index (χ3n) is 4.08. The summed E-state index contributed by atoms with van der Waals surface area (Å²) in [6, 6.07) is 7.71. The molecule has 0 bridgehead atoms. The Morgan fingerprint density at radius 1 is 1.30 bits per heavy atom. The van der Waals surface area contributed by atoms with E-state index in [0.29, 0.717) is 24.2 Å². The van der Waals surface area contributed by atoms with Crippen LogP contribution in [0.1, 0.15) is 44.7 Å². The van der Waals surface area contributed by atoms with Gasteiger partial charge < -0.3 is 5.73 Å². The third-order valence-corrected chi connectivity index (χ3v) is 5.81. The van der Waals surface area contributed by atoms with E-state index in [-0.39, 0.29) is 5.92 Å². The Bertz CT molecular complexity index is 738. The second kappa shape index (κ2) is 6.45. The monoisotopic (exact) mass is 336 g/mol. The van der Waals surface area contributed by atoms with Gasteiger partial charge in [0.25, 0.3) is 0 Å². The number of hydrogen-bond donors (Lipinski definition) is 2. The van der Waals surface area contributed by atoms with Gasteiger partial charge in [0, 0.05) is 0 Å². The van der Waals surface area contributed by atoms with E-state index in [1.165, 1.54) is 0 Å². The molecule has 1 amide bonds. The highest BCUT2D eigenvalue weighted by Gasteiger charge is 2.37. The summed E-state index contributed by atoms with van der Waals surface area (Å²) in [5, 5.41) is 0. The van der Waals surface area contributed by atoms with Crippen LogP contribution in [0, 0.1) is 5.92 Å². The van der Waals surface area contributed by atoms with Gasteiger partial charge in [-0.15, -0.1) is 0 Å². The van der Waals surface area contributed by atoms with Crippen LogP contribution in [-0.4, -0.2) is 19.9 Å². The standard InChI is InChI=1S/C17H24N2O3S/c1-12(2)11-17(3,16(18)20)19-23(21,22)15-9-8-13-6-4-5-7-14(13)10-15/h4-7,10,12,19H,8-9,11H2,1-3H3,(H2,18,20)/t17-/m1/s1. The van der Waals surface area contributed by atoms with Gasteiger partial charge in [-0.25, -0.2) is 8.42 Å². The fourth-order valence-corrected chi connectivity index (χ4v) is 4.55. The highest BCUT2D eigenvalue weighted by molar-refractivity contribution is 7.93. The van der Waals surface area contributed by atoms with Gasteiger partial charge in [-0.1, -0.05) is 38.1 Å². The van der Waals surface area contributed by atoms with Crippen LogP contribution in [-0.2, 0) is 21.2 Å². The number of primary amides is 1. The average molecular weight is 336 g/mol. The van der Waals surface area contributed by atoms with Gasteiger partial charge in [-0.05, 0) is 49.3 Å². The minimum absolute atomic E-state index is 0.135. The number of allylic oxidation sites excluding steroid dienone is 1. The van der Waals surface area contributed by atoms with Crippen LogP contribution in [0.25, 0.3) is 6.08 Å². The van der Waals surface area contributed by atoms with Crippen molar-refractivity contribution in [2.24, 2.45) is 11.7 Å². The molecule has 0 unspecified atom stereocenters. The van der Waals surface area contributed by atoms with Gasteiger partial charge in [-0.2, -0.15) is 4.72 Å². The molecule has 6 heteroatoms. The molecule has 0 saturated carbocycles. The molecule has 0 heterocycles. The van der Waals surface area contributed by atoms with Crippen molar-refractivity contribution in [3.8, 4) is 0 Å². The molecule has 0 fully saturated rings. The molecule has 1 aliphatic rings. The molecule has 23 heavy (non-hydrogen) atoms. The lowest BCUT2D eigenvalue weighted by Gasteiger charge is -2.30. The first kappa shape index (κ1) is 17.7. The molecule has 0 radical (unpaired) electrons. The van der Waals surface area contributed by atoms with Crippen LogP contribution in [0.4, 0.5) is 0 Å². The number of carbonyl (C=O) groups excluding carboxylic acids is 1. The molecule has 3 N–H and O–H groups in total. The Balaban J connectivity index is 2.32. The highest BCUT2D eigenvalue weighted by Crippen LogP contribution is 2.28. The van der Waals surface area contributed by atoms with E-state index >= 15 is 0 Å². The van der Waals surface area contributed by atoms with E-state index < -0.39 is 21.5 Å². The van der Waals surface area contributed by atoms with Gasteiger partial charge in [0.1, 0.15) is 5.54 Å². The minimum Gasteiger partial charge on any atom is -0.368 e. The SMILES string of the molecule is CC(C)C[C@@](C)(NS(=O)(=O)C1=Cc2ccccc2CC1)C(N)=O. The maximum absolute atomic E-state index is 12.7. The van der Waals surface area contributed by atoms with Gasteiger partial charge in [-0.3, -0.25) is 4.79 Å². The van der Waals surface area contributed by atoms with E-state index in [0.717, 1.165) is 11.1 Å². The Morgan fingerprint density at radius 2 is 1.96 bits per heavy atom. The number of nitrogens with two attached hydrogens (primary N) is 1. The molecular formula is C17H24N2O3S. The molecule has 1 atom stereocenters. The minimum atomic E-state index is -3.76. The quantitative estimate of drug-likeness (QED) is 0.834. The number of hydrogen-bond acceptors (Lipinski definition) is 3. The molecule has 0 saturated heterocycles. The first-order valence-electron chi connectivity index (χ1n) is 7.76. The summed E-state index contributed by atoms with van der Waals surface area (Å²) < 4.78 is 28.0. The Morgan fingerprint density at radius 3 is 2.57 bits per heavy atom. The summed E-state index contributed by atoms with van der Waals surface area (Å²) in [6.07, 6.45) is 3.12. The number of rotatable bonds is 6. The Kier molecular flexibility index (Phi) is 4.96. The first-order chi connectivity index (χ1) is 10.6. The molecule has 2 rings (SSSR count). The van der Waals surface area contributed by atoms with E-state index in [4.69, 9.17) is 5.73 Å². The number of carbonyl (C=O) groups is 1. The Hall–Kier alpha value is -1.66. The van der Waals surface area contributed by atoms with Gasteiger partial charge >= 0.3 is 0 Å². The smallest absolute Gasteiger partial charge is 0.238 e. The van der Waals surface area contributed by atoms with Crippen molar-refractivity contribution in [1.29, 1.82) is 0 Å². The molecular weight excluding hydrogens is 312 g/mol. The first-order valence-corrected chi connectivity index (χ1v) is 9.25. The molecule has 1 aromatic carbocycles. The van der Waals surface area contributed by atoms with Crippen molar-refractivity contribution in [3.05, 3.63) is 40.3 Å². The zero-order valence-electron chi connectivity index (χ0n) is 13.8. The Labute approximate surface area is 138 Å². The van der Waals surface area contributed by atoms with Crippen LogP contribution >= 0.6 is 0 Å². The lowest BCUT2D eigenvalue weighted by Crippen LogP contribution is -2.56. The largest absolute Gasteiger partial charge is 0.368 e. The summed E-state index contributed by atoms with van der Waals surface area (Å²) in [5.74, 6) is -0.525. The molecule has 1 aliphatic carbocycles. The number of aryl methyl sites for hydroxylation is 1. The van der Waals surface area contributed by atoms with Crippen molar-refractivity contribution in [2.45, 2.75) is 45.6 Å². The van der Waals surface area contributed by atoms with Crippen LogP contribution < -0.4 is 10.5 Å². The third kappa shape index (κ3) is 4.00. The topological polar surface area (TPSA) is 89.3 Å². The number of amides is 1. The lowest BCUT2D eigenvalue weighted by molar-refractivity contribution is -0.123. The molecule has 0 aromatic heterocycles. The molecule has 5 nitrogen and oxygen atoms in total. The molecule has 1 aromatic rings. The second-order valence-electron chi connectivity index (χ2n) is 6.71. The van der Waals surface area contributed by atoms with E-state index in [9.17, 15) is 13.2 Å². The van der Waals surface area contributed by atoms with Crippen LogP contribution in [0.3, 0.4) is 0 Å². The predicted octanol–water partition coefficient (Wildman–Crippen LogP) is 2.18. The maximum Gasteiger partial charge on any atom is 0.238 e. The predicted molar refractivity (Wildman–Crippen MR) is 91.8 cm³/mol. The lowest BCUT2D eigenvalue weighted by atomic mass is 9.91. The van der Waals surface area contributed by atoms with E-state index in [2.05, 4.69) is 4.72 Å².